The van der Waals surface area contributed by atoms with Gasteiger partial charge in [-0.15, -0.1) is 11.3 Å². The lowest BCUT2D eigenvalue weighted by Crippen LogP contribution is -2.42. The molecule has 1 unspecified atom stereocenters. The van der Waals surface area contributed by atoms with Gasteiger partial charge in [0.05, 0.1) is 12.6 Å². The van der Waals surface area contributed by atoms with Gasteiger partial charge in [-0.25, -0.2) is 0 Å². The summed E-state index contributed by atoms with van der Waals surface area (Å²) >= 11 is 1.83. The number of guanidine groups is 1. The first kappa shape index (κ1) is 22.3. The molecule has 0 bridgehead atoms. The van der Waals surface area contributed by atoms with E-state index in [0.29, 0.717) is 19.1 Å². The first-order valence-corrected chi connectivity index (χ1v) is 12.1. The molecule has 0 spiro atoms. The predicted octanol–water partition coefficient (Wildman–Crippen LogP) is 3.46. The number of nitrogens with zero attached hydrogens (tertiary/aromatic N) is 3. The third kappa shape index (κ3) is 5.87. The molecule has 0 aliphatic carbocycles. The fraction of sp³-hybridized carbons (Fsp3) is 0.360. The Morgan fingerprint density at radius 1 is 1.03 bits per heavy atom. The molecule has 7 heteroatoms. The Kier molecular flexibility index (Phi) is 7.74. The van der Waals surface area contributed by atoms with Crippen LogP contribution in [0.25, 0.3) is 0 Å². The zero-order valence-corrected chi connectivity index (χ0v) is 19.4. The van der Waals surface area contributed by atoms with Crippen LogP contribution in [-0.2, 0) is 13.1 Å². The monoisotopic (exact) mass is 449 g/mol. The minimum absolute atomic E-state index is 0.0166. The smallest absolute Gasteiger partial charge is 0.250 e. The molecule has 2 N–H and O–H groups in total. The van der Waals surface area contributed by atoms with Crippen LogP contribution in [0.3, 0.4) is 0 Å². The minimum Gasteiger partial charge on any atom is -0.354 e. The number of benzene rings is 1. The summed E-state index contributed by atoms with van der Waals surface area (Å²) in [6, 6.07) is 18.3. The van der Waals surface area contributed by atoms with Crippen molar-refractivity contribution in [3.8, 4) is 0 Å². The molecule has 1 atom stereocenters. The van der Waals surface area contributed by atoms with Crippen molar-refractivity contribution in [3.05, 3.63) is 92.5 Å². The quantitative estimate of drug-likeness (QED) is 0.408. The largest absolute Gasteiger partial charge is 0.354 e. The maximum atomic E-state index is 11.9. The molecule has 0 radical (unpaired) electrons. The lowest BCUT2D eigenvalue weighted by atomic mass is 10.1. The van der Waals surface area contributed by atoms with Crippen LogP contribution in [0.15, 0.2) is 76.0 Å². The molecule has 0 saturated carbocycles. The number of hydrogen-bond acceptors (Lipinski definition) is 4. The topological polar surface area (TPSA) is 61.7 Å². The highest BCUT2D eigenvalue weighted by Crippen LogP contribution is 2.27. The van der Waals surface area contributed by atoms with Gasteiger partial charge in [-0.2, -0.15) is 0 Å². The number of aromatic nitrogens is 1. The van der Waals surface area contributed by atoms with Crippen LogP contribution in [0, 0.1) is 0 Å². The van der Waals surface area contributed by atoms with Gasteiger partial charge in [-0.3, -0.25) is 14.7 Å². The van der Waals surface area contributed by atoms with Crippen LogP contribution in [0.1, 0.15) is 34.9 Å². The third-order valence-electron chi connectivity index (χ3n) is 5.87. The summed E-state index contributed by atoms with van der Waals surface area (Å²) < 4.78 is 1.71. The fourth-order valence-corrected chi connectivity index (χ4v) is 4.95. The van der Waals surface area contributed by atoms with E-state index in [1.165, 1.54) is 23.3 Å². The van der Waals surface area contributed by atoms with Crippen molar-refractivity contribution in [2.24, 2.45) is 4.99 Å². The second-order valence-electron chi connectivity index (χ2n) is 8.06. The van der Waals surface area contributed by atoms with Crippen molar-refractivity contribution in [3.63, 3.8) is 0 Å². The average molecular weight is 450 g/mol. The number of thiophene rings is 1. The first-order valence-electron chi connectivity index (χ1n) is 11.2. The van der Waals surface area contributed by atoms with Crippen LogP contribution in [0.5, 0.6) is 0 Å². The van der Waals surface area contributed by atoms with Gasteiger partial charge in [-0.1, -0.05) is 36.4 Å². The van der Waals surface area contributed by atoms with Crippen LogP contribution in [0.2, 0.25) is 0 Å². The van der Waals surface area contributed by atoms with E-state index in [4.69, 9.17) is 0 Å². The summed E-state index contributed by atoms with van der Waals surface area (Å²) in [7, 11) is 1.81. The van der Waals surface area contributed by atoms with Gasteiger partial charge >= 0.3 is 0 Å². The standard InChI is InChI=1S/C25H31N5OS/c1-26-25(28-18-22(23-7-6-16-32-23)29-13-4-5-14-29)27-17-20-9-11-21(12-10-20)19-30-15-3-2-8-24(30)31/h2-3,6-12,15-16,22H,4-5,13-14,17-19H2,1H3,(H2,26,27,28). The Hall–Kier alpha value is -2.90. The number of nitrogens with one attached hydrogen (secondary N) is 2. The maximum Gasteiger partial charge on any atom is 0.250 e. The number of pyridine rings is 1. The summed E-state index contributed by atoms with van der Waals surface area (Å²) in [5, 5.41) is 9.10. The van der Waals surface area contributed by atoms with E-state index in [1.54, 1.807) is 16.7 Å². The van der Waals surface area contributed by atoms with Gasteiger partial charge in [0.2, 0.25) is 0 Å². The van der Waals surface area contributed by atoms with Crippen molar-refractivity contribution in [1.82, 2.24) is 20.1 Å². The maximum absolute atomic E-state index is 11.9. The highest BCUT2D eigenvalue weighted by molar-refractivity contribution is 7.10. The number of aliphatic imine (C=N–C) groups is 1. The Morgan fingerprint density at radius 2 is 1.81 bits per heavy atom. The molecule has 3 aromatic rings. The first-order chi connectivity index (χ1) is 15.7. The van der Waals surface area contributed by atoms with E-state index >= 15 is 0 Å². The van der Waals surface area contributed by atoms with E-state index in [0.717, 1.165) is 31.2 Å². The molecular weight excluding hydrogens is 418 g/mol. The normalized spacial score (nSPS) is 15.6. The van der Waals surface area contributed by atoms with Crippen molar-refractivity contribution in [2.45, 2.75) is 32.0 Å². The van der Waals surface area contributed by atoms with Crippen molar-refractivity contribution < 1.29 is 0 Å². The van der Waals surface area contributed by atoms with E-state index in [9.17, 15) is 4.79 Å². The molecule has 4 rings (SSSR count). The van der Waals surface area contributed by atoms with Gasteiger partial charge in [0, 0.05) is 37.3 Å². The van der Waals surface area contributed by atoms with Crippen LogP contribution < -0.4 is 16.2 Å². The Bertz CT molecular complexity index is 1050. The Morgan fingerprint density at radius 3 is 2.50 bits per heavy atom. The molecule has 3 heterocycles. The highest BCUT2D eigenvalue weighted by atomic mass is 32.1. The van der Waals surface area contributed by atoms with Gasteiger partial charge < -0.3 is 15.2 Å². The lowest BCUT2D eigenvalue weighted by Gasteiger charge is -2.27. The summed E-state index contributed by atoms with van der Waals surface area (Å²) in [5.41, 5.74) is 2.29. The number of rotatable bonds is 8. The second kappa shape index (κ2) is 11.1. The zero-order chi connectivity index (χ0) is 22.2. The van der Waals surface area contributed by atoms with Crippen LogP contribution in [-0.4, -0.2) is 42.1 Å². The van der Waals surface area contributed by atoms with E-state index in [-0.39, 0.29) is 5.56 Å². The van der Waals surface area contributed by atoms with E-state index in [1.807, 2.05) is 30.6 Å². The van der Waals surface area contributed by atoms with Crippen molar-refractivity contribution >= 4 is 17.3 Å². The summed E-state index contributed by atoms with van der Waals surface area (Å²) in [4.78, 5) is 20.3. The molecule has 1 saturated heterocycles. The molecule has 32 heavy (non-hydrogen) atoms. The van der Waals surface area contributed by atoms with Gasteiger partial charge in [0.15, 0.2) is 5.96 Å². The molecule has 0 amide bonds. The van der Waals surface area contributed by atoms with E-state index in [2.05, 4.69) is 62.3 Å². The molecule has 2 aromatic heterocycles. The van der Waals surface area contributed by atoms with Crippen molar-refractivity contribution in [2.75, 3.05) is 26.7 Å². The van der Waals surface area contributed by atoms with Crippen LogP contribution >= 0.6 is 11.3 Å². The molecule has 1 fully saturated rings. The third-order valence-corrected chi connectivity index (χ3v) is 6.85. The minimum atomic E-state index is 0.0166. The second-order valence-corrected chi connectivity index (χ2v) is 9.04. The molecule has 1 aromatic carbocycles. The van der Waals surface area contributed by atoms with Crippen molar-refractivity contribution in [1.29, 1.82) is 0 Å². The fourth-order valence-electron chi connectivity index (χ4n) is 4.09. The van der Waals surface area contributed by atoms with Gasteiger partial charge in [0.1, 0.15) is 0 Å². The molecule has 168 valence electrons. The molecule has 1 aliphatic heterocycles. The number of likely N-dealkylation sites (tertiary alicyclic amines) is 1. The molecule has 6 nitrogen and oxygen atoms in total. The lowest BCUT2D eigenvalue weighted by molar-refractivity contribution is 0.249. The zero-order valence-electron chi connectivity index (χ0n) is 18.5. The summed E-state index contributed by atoms with van der Waals surface area (Å²) in [5.74, 6) is 0.811. The molecular formula is C25H31N5OS. The summed E-state index contributed by atoms with van der Waals surface area (Å²) in [6.45, 7) is 4.44. The van der Waals surface area contributed by atoms with Crippen LogP contribution in [0.4, 0.5) is 0 Å². The number of hydrogen-bond donors (Lipinski definition) is 2. The van der Waals surface area contributed by atoms with Gasteiger partial charge in [0.25, 0.3) is 5.56 Å². The Labute approximate surface area is 193 Å². The SMILES string of the molecule is CN=C(NCc1ccc(Cn2ccccc2=O)cc1)NCC(c1cccs1)N1CCCC1. The predicted molar refractivity (Wildman–Crippen MR) is 132 cm³/mol. The summed E-state index contributed by atoms with van der Waals surface area (Å²) in [6.07, 6.45) is 4.38. The molecule has 1 aliphatic rings. The average Bonchev–Trinajstić information content (AvgIpc) is 3.54. The Balaban J connectivity index is 1.30. The van der Waals surface area contributed by atoms with E-state index < -0.39 is 0 Å². The van der Waals surface area contributed by atoms with Gasteiger partial charge in [-0.05, 0) is 54.6 Å². The highest BCUT2D eigenvalue weighted by Gasteiger charge is 2.24.